The van der Waals surface area contributed by atoms with Gasteiger partial charge in [-0.3, -0.25) is 9.59 Å². The lowest BCUT2D eigenvalue weighted by Gasteiger charge is -2.61. The van der Waals surface area contributed by atoms with Gasteiger partial charge in [-0.2, -0.15) is 0 Å². The molecule has 0 aliphatic heterocycles. The Labute approximate surface area is 210 Å². The Morgan fingerprint density at radius 1 is 0.886 bits per heavy atom. The molecular formula is C31H40O4. The summed E-state index contributed by atoms with van der Waals surface area (Å²) in [4.78, 5) is 23.9. The van der Waals surface area contributed by atoms with Gasteiger partial charge in [0, 0.05) is 24.8 Å². The number of esters is 2. The molecule has 0 N–H and O–H groups in total. The molecule has 35 heavy (non-hydrogen) atoms. The van der Waals surface area contributed by atoms with Crippen LogP contribution >= 0.6 is 0 Å². The third kappa shape index (κ3) is 4.09. The zero-order valence-corrected chi connectivity index (χ0v) is 21.8. The molecule has 4 fully saturated rings. The van der Waals surface area contributed by atoms with Gasteiger partial charge in [0.2, 0.25) is 0 Å². The third-order valence-electron chi connectivity index (χ3n) is 10.6. The van der Waals surface area contributed by atoms with E-state index in [0.717, 1.165) is 44.1 Å². The van der Waals surface area contributed by atoms with Crippen LogP contribution < -0.4 is 0 Å². The molecule has 1 aromatic rings. The Balaban J connectivity index is 1.42. The minimum atomic E-state index is -0.713. The van der Waals surface area contributed by atoms with E-state index in [2.05, 4.69) is 25.7 Å². The molecular weight excluding hydrogens is 436 g/mol. The summed E-state index contributed by atoms with van der Waals surface area (Å²) in [6.45, 7) is 7.94. The van der Waals surface area contributed by atoms with Crippen molar-refractivity contribution in [2.45, 2.75) is 97.2 Å². The minimum Gasteiger partial charge on any atom is -0.463 e. The maximum Gasteiger partial charge on any atom is 0.304 e. The predicted octanol–water partition coefficient (Wildman–Crippen LogP) is 6.31. The van der Waals surface area contributed by atoms with Gasteiger partial charge in [-0.05, 0) is 105 Å². The highest BCUT2D eigenvalue weighted by Gasteiger charge is 2.66. The molecule has 188 valence electrons. The molecule has 0 aromatic heterocycles. The molecule has 0 saturated heterocycles. The van der Waals surface area contributed by atoms with Crippen LogP contribution in [0.1, 0.15) is 91.0 Å². The molecule has 4 aliphatic rings. The van der Waals surface area contributed by atoms with Gasteiger partial charge in [0.15, 0.2) is 5.60 Å². The summed E-state index contributed by atoms with van der Waals surface area (Å²) in [5.74, 6) is 9.01. The maximum atomic E-state index is 12.3. The molecule has 0 unspecified atom stereocenters. The molecule has 8 atom stereocenters. The highest BCUT2D eigenvalue weighted by atomic mass is 16.6. The van der Waals surface area contributed by atoms with Crippen molar-refractivity contribution in [1.29, 1.82) is 0 Å². The molecule has 5 rings (SSSR count). The zero-order chi connectivity index (χ0) is 24.8. The average molecular weight is 477 g/mol. The Kier molecular flexibility index (Phi) is 6.27. The van der Waals surface area contributed by atoms with Gasteiger partial charge in [-0.25, -0.2) is 0 Å². The number of ether oxygens (including phenoxy) is 2. The molecule has 4 aliphatic carbocycles. The normalized spacial score (nSPS) is 41.9. The summed E-state index contributed by atoms with van der Waals surface area (Å²) in [5, 5.41) is 0. The average Bonchev–Trinajstić information content (AvgIpc) is 3.10. The van der Waals surface area contributed by atoms with E-state index in [1.807, 2.05) is 30.3 Å². The van der Waals surface area contributed by atoms with Crippen LogP contribution in [0, 0.1) is 46.3 Å². The van der Waals surface area contributed by atoms with Crippen LogP contribution in [-0.2, 0) is 19.1 Å². The fraction of sp³-hybridized carbons (Fsp3) is 0.677. The van der Waals surface area contributed by atoms with Crippen LogP contribution in [0.4, 0.5) is 0 Å². The lowest BCUT2D eigenvalue weighted by atomic mass is 9.44. The summed E-state index contributed by atoms with van der Waals surface area (Å²) in [6, 6.07) is 10.0. The van der Waals surface area contributed by atoms with E-state index in [4.69, 9.17) is 9.47 Å². The summed E-state index contributed by atoms with van der Waals surface area (Å²) in [6.07, 6.45) is 9.77. The fourth-order valence-electron chi connectivity index (χ4n) is 8.90. The summed E-state index contributed by atoms with van der Waals surface area (Å²) in [5.41, 5.74) is 0.440. The second-order valence-electron chi connectivity index (χ2n) is 12.2. The lowest BCUT2D eigenvalue weighted by Crippen LogP contribution is -2.57. The summed E-state index contributed by atoms with van der Waals surface area (Å²) < 4.78 is 11.8. The molecule has 0 heterocycles. The topological polar surface area (TPSA) is 52.6 Å². The highest BCUT2D eigenvalue weighted by Crippen LogP contribution is 2.69. The lowest BCUT2D eigenvalue weighted by molar-refractivity contribution is -0.178. The second-order valence-corrected chi connectivity index (χ2v) is 12.2. The van der Waals surface area contributed by atoms with Gasteiger partial charge < -0.3 is 9.47 Å². The van der Waals surface area contributed by atoms with Crippen molar-refractivity contribution in [2.24, 2.45) is 34.5 Å². The monoisotopic (exact) mass is 476 g/mol. The second kappa shape index (κ2) is 8.99. The molecule has 0 bridgehead atoms. The molecule has 0 radical (unpaired) electrons. The third-order valence-corrected chi connectivity index (χ3v) is 10.6. The number of carbonyl (C=O) groups is 2. The van der Waals surface area contributed by atoms with Crippen LogP contribution in [0.5, 0.6) is 0 Å². The number of rotatable bonds is 2. The molecule has 1 aromatic carbocycles. The highest BCUT2D eigenvalue weighted by molar-refractivity contribution is 5.67. The van der Waals surface area contributed by atoms with Crippen molar-refractivity contribution in [3.8, 4) is 11.8 Å². The Morgan fingerprint density at radius 3 is 2.34 bits per heavy atom. The van der Waals surface area contributed by atoms with Gasteiger partial charge in [0.25, 0.3) is 0 Å². The van der Waals surface area contributed by atoms with Crippen LogP contribution in [0.2, 0.25) is 0 Å². The van der Waals surface area contributed by atoms with Gasteiger partial charge in [-0.15, -0.1) is 0 Å². The van der Waals surface area contributed by atoms with Crippen molar-refractivity contribution in [3.05, 3.63) is 35.9 Å². The van der Waals surface area contributed by atoms with E-state index in [1.165, 1.54) is 33.1 Å². The van der Waals surface area contributed by atoms with E-state index < -0.39 is 5.60 Å². The van der Waals surface area contributed by atoms with Crippen molar-refractivity contribution < 1.29 is 19.1 Å². The number of benzene rings is 1. The van der Waals surface area contributed by atoms with Crippen LogP contribution in [0.15, 0.2) is 30.3 Å². The smallest absolute Gasteiger partial charge is 0.304 e. The van der Waals surface area contributed by atoms with Gasteiger partial charge in [-0.1, -0.05) is 38.0 Å². The molecule has 0 amide bonds. The van der Waals surface area contributed by atoms with Crippen molar-refractivity contribution in [3.63, 3.8) is 0 Å². The molecule has 4 nitrogen and oxygen atoms in total. The largest absolute Gasteiger partial charge is 0.463 e. The van der Waals surface area contributed by atoms with Crippen molar-refractivity contribution >= 4 is 11.9 Å². The van der Waals surface area contributed by atoms with E-state index in [9.17, 15) is 9.59 Å². The number of hydrogen-bond donors (Lipinski definition) is 0. The molecule has 4 heteroatoms. The fourth-order valence-corrected chi connectivity index (χ4v) is 8.90. The summed E-state index contributed by atoms with van der Waals surface area (Å²) >= 11 is 0. The van der Waals surface area contributed by atoms with E-state index in [0.29, 0.717) is 29.1 Å². The Morgan fingerprint density at radius 2 is 1.63 bits per heavy atom. The number of hydrogen-bond acceptors (Lipinski definition) is 4. The Hall–Kier alpha value is -2.28. The standard InChI is InChI=1S/C31H40O4/c1-21(32)34-25-13-16-29(3)24(20-25)10-11-26-27(29)14-17-30(4)28(26)15-19-31(30,35-22(2)33)18-12-23-8-6-5-7-9-23/h5-9,24-28H,10-11,13-17,19-20H2,1-4H3/t24-,25+,26+,27+,28-,29+,30+,31-/m1/s1. The number of fused-ring (bicyclic) bond motifs is 5. The van der Waals surface area contributed by atoms with Crippen molar-refractivity contribution in [1.82, 2.24) is 0 Å². The summed E-state index contributed by atoms with van der Waals surface area (Å²) in [7, 11) is 0. The van der Waals surface area contributed by atoms with Crippen LogP contribution in [-0.4, -0.2) is 23.6 Å². The first-order valence-corrected chi connectivity index (χ1v) is 13.6. The molecule has 0 spiro atoms. The van der Waals surface area contributed by atoms with Gasteiger partial charge in [0.1, 0.15) is 6.10 Å². The van der Waals surface area contributed by atoms with Gasteiger partial charge >= 0.3 is 11.9 Å². The quantitative estimate of drug-likeness (QED) is 0.370. The van der Waals surface area contributed by atoms with Crippen LogP contribution in [0.25, 0.3) is 0 Å². The van der Waals surface area contributed by atoms with E-state index >= 15 is 0 Å². The first-order chi connectivity index (χ1) is 16.7. The first-order valence-electron chi connectivity index (χ1n) is 13.6. The van der Waals surface area contributed by atoms with E-state index in [-0.39, 0.29) is 23.5 Å². The SMILES string of the molecule is CC(=O)O[C@H]1CC[C@@]2(C)[C@H](CC[C@@H]3[C@H]4CC[C@@](C#Cc5ccccc5)(OC(C)=O)[C@@]4(C)CC[C@@H]32)C1. The minimum absolute atomic E-state index is 0.0901. The molecule has 4 saturated carbocycles. The number of carbonyl (C=O) groups excluding carboxylic acids is 2. The van der Waals surface area contributed by atoms with Crippen LogP contribution in [0.3, 0.4) is 0 Å². The van der Waals surface area contributed by atoms with E-state index in [1.54, 1.807) is 0 Å². The zero-order valence-electron chi connectivity index (χ0n) is 21.8. The Bertz CT molecular complexity index is 1040. The predicted molar refractivity (Wildman–Crippen MR) is 135 cm³/mol. The maximum absolute atomic E-state index is 12.3. The van der Waals surface area contributed by atoms with Crippen molar-refractivity contribution in [2.75, 3.05) is 0 Å². The van der Waals surface area contributed by atoms with Gasteiger partial charge in [0.05, 0.1) is 0 Å². The first kappa shape index (κ1) is 24.4.